The molecule has 2 aromatic rings. The summed E-state index contributed by atoms with van der Waals surface area (Å²) in [5, 5.41) is 2.96. The molecule has 0 radical (unpaired) electrons. The quantitative estimate of drug-likeness (QED) is 0.741. The smallest absolute Gasteiger partial charge is 0.261 e. The zero-order chi connectivity index (χ0) is 16.1. The molecule has 2 rings (SSSR count). The van der Waals surface area contributed by atoms with E-state index in [9.17, 15) is 4.79 Å². The third kappa shape index (κ3) is 4.58. The van der Waals surface area contributed by atoms with Crippen molar-refractivity contribution in [2.75, 3.05) is 0 Å². The Balaban J connectivity index is 1.97. The molecule has 0 aliphatic heterocycles. The van der Waals surface area contributed by atoms with Gasteiger partial charge in [0.15, 0.2) is 6.10 Å². The molecule has 0 aromatic heterocycles. The molecule has 3 nitrogen and oxygen atoms in total. The standard InChI is InChI=1S/C17H17Br2NO2/c1-11(13-6-4-3-5-7-13)20-17(21)12(2)22-16-9-8-14(18)10-15(16)19/h3-12H,1-2H3,(H,20,21)/t11-,12+/m1/s1. The Morgan fingerprint density at radius 2 is 1.77 bits per heavy atom. The molecule has 0 unspecified atom stereocenters. The van der Waals surface area contributed by atoms with Gasteiger partial charge in [-0.15, -0.1) is 0 Å². The molecule has 2 aromatic carbocycles. The molecule has 0 aliphatic carbocycles. The molecular formula is C17H17Br2NO2. The topological polar surface area (TPSA) is 38.3 Å². The van der Waals surface area contributed by atoms with Gasteiger partial charge in [0.05, 0.1) is 10.5 Å². The summed E-state index contributed by atoms with van der Waals surface area (Å²) < 4.78 is 7.47. The molecule has 0 bridgehead atoms. The highest BCUT2D eigenvalue weighted by Crippen LogP contribution is 2.29. The normalized spacial score (nSPS) is 13.3. The Kier molecular flexibility index (Phi) is 6.03. The van der Waals surface area contributed by atoms with E-state index in [1.807, 2.05) is 55.5 Å². The van der Waals surface area contributed by atoms with Crippen molar-refractivity contribution in [2.45, 2.75) is 26.0 Å². The van der Waals surface area contributed by atoms with Crippen molar-refractivity contribution in [2.24, 2.45) is 0 Å². The number of ether oxygens (including phenoxy) is 1. The van der Waals surface area contributed by atoms with E-state index in [1.54, 1.807) is 6.92 Å². The Morgan fingerprint density at radius 1 is 1.09 bits per heavy atom. The van der Waals surface area contributed by atoms with Gasteiger partial charge >= 0.3 is 0 Å². The highest BCUT2D eigenvalue weighted by atomic mass is 79.9. The molecule has 2 atom stereocenters. The summed E-state index contributed by atoms with van der Waals surface area (Å²) >= 11 is 6.81. The largest absolute Gasteiger partial charge is 0.480 e. The number of rotatable bonds is 5. The van der Waals surface area contributed by atoms with Crippen LogP contribution in [0, 0.1) is 0 Å². The second-order valence-electron chi connectivity index (χ2n) is 4.98. The Bertz CT molecular complexity index is 646. The second kappa shape index (κ2) is 7.79. The van der Waals surface area contributed by atoms with E-state index >= 15 is 0 Å². The minimum Gasteiger partial charge on any atom is -0.480 e. The maximum Gasteiger partial charge on any atom is 0.261 e. The van der Waals surface area contributed by atoms with Gasteiger partial charge < -0.3 is 10.1 Å². The van der Waals surface area contributed by atoms with Gasteiger partial charge in [0.2, 0.25) is 0 Å². The van der Waals surface area contributed by atoms with Crippen LogP contribution in [0.4, 0.5) is 0 Å². The van der Waals surface area contributed by atoms with Gasteiger partial charge in [0.25, 0.3) is 5.91 Å². The average Bonchev–Trinajstić information content (AvgIpc) is 2.50. The van der Waals surface area contributed by atoms with E-state index in [2.05, 4.69) is 37.2 Å². The molecule has 1 N–H and O–H groups in total. The molecule has 0 heterocycles. The van der Waals surface area contributed by atoms with Crippen molar-refractivity contribution in [3.8, 4) is 5.75 Å². The average molecular weight is 427 g/mol. The molecule has 0 aliphatic rings. The van der Waals surface area contributed by atoms with Crippen LogP contribution in [-0.2, 0) is 4.79 Å². The van der Waals surface area contributed by atoms with Crippen LogP contribution in [0.1, 0.15) is 25.5 Å². The predicted octanol–water partition coefficient (Wildman–Crippen LogP) is 4.86. The summed E-state index contributed by atoms with van der Waals surface area (Å²) in [6.45, 7) is 3.69. The molecule has 0 saturated carbocycles. The maximum absolute atomic E-state index is 12.2. The van der Waals surface area contributed by atoms with E-state index in [1.165, 1.54) is 0 Å². The fourth-order valence-electron chi connectivity index (χ4n) is 1.97. The molecule has 116 valence electrons. The fourth-order valence-corrected chi connectivity index (χ4v) is 3.11. The van der Waals surface area contributed by atoms with Crippen LogP contribution < -0.4 is 10.1 Å². The van der Waals surface area contributed by atoms with Crippen molar-refractivity contribution in [1.29, 1.82) is 0 Å². The van der Waals surface area contributed by atoms with Gasteiger partial charge in [-0.05, 0) is 53.5 Å². The first-order valence-electron chi connectivity index (χ1n) is 6.94. The van der Waals surface area contributed by atoms with Gasteiger partial charge in [-0.25, -0.2) is 0 Å². The second-order valence-corrected chi connectivity index (χ2v) is 6.75. The minimum atomic E-state index is -0.580. The van der Waals surface area contributed by atoms with Crippen LogP contribution in [0.5, 0.6) is 5.75 Å². The van der Waals surface area contributed by atoms with Gasteiger partial charge in [-0.2, -0.15) is 0 Å². The summed E-state index contributed by atoms with van der Waals surface area (Å²) in [7, 11) is 0. The zero-order valence-corrected chi connectivity index (χ0v) is 15.5. The number of carbonyl (C=O) groups is 1. The summed E-state index contributed by atoms with van der Waals surface area (Å²) in [4.78, 5) is 12.2. The number of hydrogen-bond acceptors (Lipinski definition) is 2. The molecule has 0 saturated heterocycles. The Morgan fingerprint density at radius 3 is 2.41 bits per heavy atom. The van der Waals surface area contributed by atoms with Gasteiger partial charge in [-0.3, -0.25) is 4.79 Å². The first-order chi connectivity index (χ1) is 10.5. The molecule has 5 heteroatoms. The van der Waals surface area contributed by atoms with Crippen LogP contribution in [0.2, 0.25) is 0 Å². The lowest BCUT2D eigenvalue weighted by Crippen LogP contribution is -2.37. The third-order valence-electron chi connectivity index (χ3n) is 3.23. The van der Waals surface area contributed by atoms with Gasteiger partial charge in [-0.1, -0.05) is 46.3 Å². The minimum absolute atomic E-state index is 0.0619. The Labute approximate surface area is 147 Å². The van der Waals surface area contributed by atoms with Crippen molar-refractivity contribution in [3.63, 3.8) is 0 Å². The molecule has 22 heavy (non-hydrogen) atoms. The number of nitrogens with one attached hydrogen (secondary N) is 1. The molecular weight excluding hydrogens is 410 g/mol. The van der Waals surface area contributed by atoms with Crippen LogP contribution >= 0.6 is 31.9 Å². The van der Waals surface area contributed by atoms with Crippen LogP contribution in [0.25, 0.3) is 0 Å². The number of carbonyl (C=O) groups excluding carboxylic acids is 1. The number of hydrogen-bond donors (Lipinski definition) is 1. The number of benzene rings is 2. The SMILES string of the molecule is C[C@H](Oc1ccc(Br)cc1Br)C(=O)N[C@H](C)c1ccccc1. The summed E-state index contributed by atoms with van der Waals surface area (Å²) in [5.74, 6) is 0.490. The first-order valence-corrected chi connectivity index (χ1v) is 8.53. The molecule has 0 fully saturated rings. The number of halogens is 2. The molecule has 1 amide bonds. The van der Waals surface area contributed by atoms with E-state index in [4.69, 9.17) is 4.74 Å². The van der Waals surface area contributed by atoms with Crippen LogP contribution in [0.3, 0.4) is 0 Å². The van der Waals surface area contributed by atoms with E-state index < -0.39 is 6.10 Å². The van der Waals surface area contributed by atoms with Gasteiger partial charge in [0.1, 0.15) is 5.75 Å². The van der Waals surface area contributed by atoms with E-state index in [-0.39, 0.29) is 11.9 Å². The lowest BCUT2D eigenvalue weighted by atomic mass is 10.1. The Hall–Kier alpha value is -1.33. The number of amides is 1. The summed E-state index contributed by atoms with van der Waals surface area (Å²) in [5.41, 5.74) is 1.06. The zero-order valence-electron chi connectivity index (χ0n) is 12.3. The van der Waals surface area contributed by atoms with Crippen LogP contribution in [-0.4, -0.2) is 12.0 Å². The molecule has 0 spiro atoms. The lowest BCUT2D eigenvalue weighted by Gasteiger charge is -2.19. The maximum atomic E-state index is 12.2. The third-order valence-corrected chi connectivity index (χ3v) is 4.34. The van der Waals surface area contributed by atoms with E-state index in [0.29, 0.717) is 5.75 Å². The summed E-state index contributed by atoms with van der Waals surface area (Å²) in [6, 6.07) is 15.3. The monoisotopic (exact) mass is 425 g/mol. The highest BCUT2D eigenvalue weighted by molar-refractivity contribution is 9.11. The fraction of sp³-hybridized carbons (Fsp3) is 0.235. The predicted molar refractivity (Wildman–Crippen MR) is 94.9 cm³/mol. The van der Waals surface area contributed by atoms with Crippen molar-refractivity contribution < 1.29 is 9.53 Å². The van der Waals surface area contributed by atoms with Gasteiger partial charge in [0, 0.05) is 4.47 Å². The van der Waals surface area contributed by atoms with E-state index in [0.717, 1.165) is 14.5 Å². The summed E-state index contributed by atoms with van der Waals surface area (Å²) in [6.07, 6.45) is -0.580. The first kappa shape index (κ1) is 17.0. The highest BCUT2D eigenvalue weighted by Gasteiger charge is 2.18. The van der Waals surface area contributed by atoms with Crippen LogP contribution in [0.15, 0.2) is 57.5 Å². The van der Waals surface area contributed by atoms with Crippen molar-refractivity contribution in [1.82, 2.24) is 5.32 Å². The lowest BCUT2D eigenvalue weighted by molar-refractivity contribution is -0.127. The van der Waals surface area contributed by atoms with Crippen molar-refractivity contribution in [3.05, 3.63) is 63.0 Å². The van der Waals surface area contributed by atoms with Crippen molar-refractivity contribution >= 4 is 37.8 Å².